The molecule has 1 N–H and O–H groups in total. The van der Waals surface area contributed by atoms with Crippen molar-refractivity contribution in [1.82, 2.24) is 14.8 Å². The van der Waals surface area contributed by atoms with Crippen LogP contribution in [0.5, 0.6) is 0 Å². The molecule has 2 aromatic rings. The summed E-state index contributed by atoms with van der Waals surface area (Å²) in [6.07, 6.45) is 4.92. The second kappa shape index (κ2) is 5.09. The fourth-order valence-electron chi connectivity index (χ4n) is 3.09. The van der Waals surface area contributed by atoms with Gasteiger partial charge in [-0.15, -0.1) is 5.10 Å². The average molecular weight is 289 g/mol. The predicted molar refractivity (Wildman–Crippen MR) is 81.7 cm³/mol. The molecule has 0 radical (unpaired) electrons. The summed E-state index contributed by atoms with van der Waals surface area (Å²) in [6.45, 7) is 3.15. The van der Waals surface area contributed by atoms with Crippen molar-refractivity contribution < 1.29 is 0 Å². The molecule has 106 valence electrons. The van der Waals surface area contributed by atoms with Crippen LogP contribution in [0.4, 0.5) is 11.9 Å². The van der Waals surface area contributed by atoms with Crippen LogP contribution in [-0.4, -0.2) is 34.4 Å². The molecular formula is C14H19N5S. The molecule has 1 atom stereocenters. The Balaban J connectivity index is 1.66. The van der Waals surface area contributed by atoms with Crippen molar-refractivity contribution in [2.75, 3.05) is 29.9 Å². The highest BCUT2D eigenvalue weighted by Crippen LogP contribution is 2.31. The molecule has 5 nitrogen and oxygen atoms in total. The lowest BCUT2D eigenvalue weighted by Gasteiger charge is -2.25. The predicted octanol–water partition coefficient (Wildman–Crippen LogP) is 2.73. The van der Waals surface area contributed by atoms with Gasteiger partial charge in [0.15, 0.2) is 0 Å². The zero-order valence-corrected chi connectivity index (χ0v) is 12.3. The van der Waals surface area contributed by atoms with Crippen molar-refractivity contribution in [2.24, 2.45) is 0 Å². The van der Waals surface area contributed by atoms with E-state index in [-0.39, 0.29) is 0 Å². The highest BCUT2D eigenvalue weighted by molar-refractivity contribution is 7.07. The van der Waals surface area contributed by atoms with E-state index in [9.17, 15) is 0 Å². The molecule has 20 heavy (non-hydrogen) atoms. The normalized spacial score (nSPS) is 22.4. The number of nitrogens with zero attached hydrogens (tertiary/aromatic N) is 4. The Morgan fingerprint density at radius 2 is 2.15 bits per heavy atom. The Morgan fingerprint density at radius 1 is 1.25 bits per heavy atom. The van der Waals surface area contributed by atoms with Crippen LogP contribution in [0, 0.1) is 0 Å². The molecule has 4 heterocycles. The summed E-state index contributed by atoms with van der Waals surface area (Å²) in [4.78, 5) is 7.03. The number of hydrogen-bond acceptors (Lipinski definition) is 5. The largest absolute Gasteiger partial charge is 0.354 e. The van der Waals surface area contributed by atoms with Gasteiger partial charge in [-0.05, 0) is 48.1 Å². The van der Waals surface area contributed by atoms with E-state index in [1.165, 1.54) is 24.8 Å². The van der Waals surface area contributed by atoms with E-state index in [2.05, 4.69) is 31.7 Å². The number of anilines is 2. The number of rotatable bonds is 2. The van der Waals surface area contributed by atoms with Crippen molar-refractivity contribution in [2.45, 2.75) is 31.7 Å². The van der Waals surface area contributed by atoms with Crippen molar-refractivity contribution in [1.29, 1.82) is 0 Å². The van der Waals surface area contributed by atoms with Gasteiger partial charge in [0, 0.05) is 19.6 Å². The molecule has 0 aliphatic carbocycles. The minimum atomic E-state index is 0.337. The van der Waals surface area contributed by atoms with Gasteiger partial charge < -0.3 is 10.2 Å². The van der Waals surface area contributed by atoms with Gasteiger partial charge in [0.1, 0.15) is 0 Å². The monoisotopic (exact) mass is 289 g/mol. The van der Waals surface area contributed by atoms with Crippen molar-refractivity contribution in [3.8, 4) is 0 Å². The van der Waals surface area contributed by atoms with Crippen LogP contribution in [0.2, 0.25) is 0 Å². The number of fused-ring (bicyclic) bond motifs is 1. The van der Waals surface area contributed by atoms with Crippen LogP contribution in [0.3, 0.4) is 0 Å². The lowest BCUT2D eigenvalue weighted by Crippen LogP contribution is -2.30. The highest BCUT2D eigenvalue weighted by atomic mass is 32.1. The first kappa shape index (κ1) is 12.2. The summed E-state index contributed by atoms with van der Waals surface area (Å²) in [5.74, 6) is 1.82. The summed E-state index contributed by atoms with van der Waals surface area (Å²) >= 11 is 1.75. The first-order valence-electron chi connectivity index (χ1n) is 7.39. The molecule has 1 unspecified atom stereocenters. The summed E-state index contributed by atoms with van der Waals surface area (Å²) in [6, 6.07) is 2.54. The maximum Gasteiger partial charge on any atom is 0.246 e. The van der Waals surface area contributed by atoms with Crippen LogP contribution >= 0.6 is 11.3 Å². The molecule has 0 saturated carbocycles. The molecule has 0 amide bonds. The van der Waals surface area contributed by atoms with Gasteiger partial charge in [0.05, 0.1) is 6.04 Å². The van der Waals surface area contributed by atoms with Gasteiger partial charge in [-0.25, -0.2) is 4.68 Å². The summed E-state index contributed by atoms with van der Waals surface area (Å²) in [5, 5.41) is 12.5. The number of nitrogens with one attached hydrogen (secondary N) is 1. The molecule has 6 heteroatoms. The fraction of sp³-hybridized carbons (Fsp3) is 0.571. The van der Waals surface area contributed by atoms with E-state index in [0.717, 1.165) is 38.0 Å². The quantitative estimate of drug-likeness (QED) is 0.923. The smallest absolute Gasteiger partial charge is 0.246 e. The zero-order chi connectivity index (χ0) is 13.4. The van der Waals surface area contributed by atoms with Gasteiger partial charge in [-0.3, -0.25) is 0 Å². The van der Waals surface area contributed by atoms with E-state index >= 15 is 0 Å². The van der Waals surface area contributed by atoms with E-state index in [1.54, 1.807) is 11.3 Å². The molecule has 1 fully saturated rings. The molecule has 0 aromatic carbocycles. The lowest BCUT2D eigenvalue weighted by molar-refractivity contribution is 0.478. The lowest BCUT2D eigenvalue weighted by atomic mass is 10.1. The van der Waals surface area contributed by atoms with Gasteiger partial charge >= 0.3 is 0 Å². The van der Waals surface area contributed by atoms with Crippen molar-refractivity contribution in [3.63, 3.8) is 0 Å². The molecule has 2 aromatic heterocycles. The van der Waals surface area contributed by atoms with Crippen molar-refractivity contribution in [3.05, 3.63) is 22.4 Å². The Labute approximate surface area is 122 Å². The topological polar surface area (TPSA) is 46.0 Å². The molecule has 2 aliphatic rings. The number of thiophene rings is 1. The van der Waals surface area contributed by atoms with Crippen LogP contribution in [-0.2, 0) is 0 Å². The van der Waals surface area contributed by atoms with Crippen LogP contribution in [0.15, 0.2) is 16.8 Å². The molecular weight excluding hydrogens is 270 g/mol. The summed E-state index contributed by atoms with van der Waals surface area (Å²) in [7, 11) is 0. The molecule has 0 spiro atoms. The first-order valence-corrected chi connectivity index (χ1v) is 8.33. The Morgan fingerprint density at radius 3 is 2.95 bits per heavy atom. The van der Waals surface area contributed by atoms with Gasteiger partial charge in [-0.1, -0.05) is 0 Å². The second-order valence-corrected chi connectivity index (χ2v) is 6.30. The summed E-state index contributed by atoms with van der Waals surface area (Å²) in [5.41, 5.74) is 1.35. The SMILES string of the molecule is c1cc(C2CCNc3nc(N4CCCCC4)nn32)cs1. The number of aromatic nitrogens is 3. The number of hydrogen-bond donors (Lipinski definition) is 1. The third-order valence-electron chi connectivity index (χ3n) is 4.18. The van der Waals surface area contributed by atoms with Gasteiger partial charge in [-0.2, -0.15) is 16.3 Å². The standard InChI is InChI=1S/C14H19N5S/c1-2-7-18(8-3-1)14-16-13-15-6-4-12(19(13)17-14)11-5-9-20-10-11/h5,9-10,12H,1-4,6-8H2,(H,15,16,17). The van der Waals surface area contributed by atoms with Crippen LogP contribution in [0.25, 0.3) is 0 Å². The van der Waals surface area contributed by atoms with Crippen molar-refractivity contribution >= 4 is 23.2 Å². The van der Waals surface area contributed by atoms with Crippen LogP contribution in [0.1, 0.15) is 37.3 Å². The zero-order valence-electron chi connectivity index (χ0n) is 11.5. The minimum absolute atomic E-state index is 0.337. The Bertz CT molecular complexity index is 570. The molecule has 0 bridgehead atoms. The highest BCUT2D eigenvalue weighted by Gasteiger charge is 2.26. The third kappa shape index (κ3) is 2.08. The van der Waals surface area contributed by atoms with Gasteiger partial charge in [0.2, 0.25) is 11.9 Å². The van der Waals surface area contributed by atoms with E-state index in [0.29, 0.717) is 6.04 Å². The molecule has 4 rings (SSSR count). The molecule has 2 aliphatic heterocycles. The van der Waals surface area contributed by atoms with E-state index < -0.39 is 0 Å². The maximum atomic E-state index is 4.79. The summed E-state index contributed by atoms with van der Waals surface area (Å²) < 4.78 is 2.08. The maximum absolute atomic E-state index is 4.79. The van der Waals surface area contributed by atoms with E-state index in [4.69, 9.17) is 10.1 Å². The number of piperidine rings is 1. The first-order chi connectivity index (χ1) is 9.92. The Hall–Kier alpha value is -1.56. The van der Waals surface area contributed by atoms with Crippen LogP contribution < -0.4 is 10.2 Å². The Kier molecular flexibility index (Phi) is 3.10. The van der Waals surface area contributed by atoms with E-state index in [1.807, 2.05) is 0 Å². The van der Waals surface area contributed by atoms with Gasteiger partial charge in [0.25, 0.3) is 0 Å². The second-order valence-electron chi connectivity index (χ2n) is 5.52. The minimum Gasteiger partial charge on any atom is -0.354 e. The molecule has 1 saturated heterocycles. The average Bonchev–Trinajstić information content (AvgIpc) is 3.17. The fourth-order valence-corrected chi connectivity index (χ4v) is 3.80. The third-order valence-corrected chi connectivity index (χ3v) is 4.88.